The second-order valence-corrected chi connectivity index (χ2v) is 6.61. The summed E-state index contributed by atoms with van der Waals surface area (Å²) < 4.78 is 0. The average Bonchev–Trinajstić information content (AvgIpc) is 2.60. The van der Waals surface area contributed by atoms with E-state index < -0.39 is 0 Å². The zero-order chi connectivity index (χ0) is 18.9. The molecule has 2 amide bonds. The summed E-state index contributed by atoms with van der Waals surface area (Å²) >= 11 is 0. The Hall–Kier alpha value is -2.82. The molecule has 0 saturated heterocycles. The van der Waals surface area contributed by atoms with Crippen LogP contribution in [0.4, 0.5) is 17.1 Å². The quantitative estimate of drug-likeness (QED) is 0.485. The van der Waals surface area contributed by atoms with E-state index in [4.69, 9.17) is 5.73 Å². The van der Waals surface area contributed by atoms with Crippen LogP contribution in [0.3, 0.4) is 0 Å². The number of amides is 2. The van der Waals surface area contributed by atoms with Crippen molar-refractivity contribution in [2.24, 2.45) is 0 Å². The van der Waals surface area contributed by atoms with Gasteiger partial charge in [-0.05, 0) is 56.5 Å². The number of benzene rings is 2. The Bertz CT molecular complexity index is 754. The van der Waals surface area contributed by atoms with Crippen LogP contribution < -0.4 is 16.4 Å². The first-order valence-electron chi connectivity index (χ1n) is 8.96. The molecule has 0 saturated carbocycles. The van der Waals surface area contributed by atoms with E-state index in [9.17, 15) is 9.59 Å². The molecular formula is C21H27N3O2. The van der Waals surface area contributed by atoms with Crippen LogP contribution in [0.25, 0.3) is 0 Å². The third-order valence-electron chi connectivity index (χ3n) is 4.13. The molecule has 5 heteroatoms. The standard InChI is InChI=1S/C21H27N3O2/c1-15-8-11-17(12-9-15)23-20(25)6-4-3-5-7-21(26)24-19-14-16(2)10-13-18(19)22/h8-14H,3-7,22H2,1-2H3,(H,23,25)(H,24,26). The predicted molar refractivity (Wildman–Crippen MR) is 107 cm³/mol. The highest BCUT2D eigenvalue weighted by molar-refractivity contribution is 5.94. The van der Waals surface area contributed by atoms with Crippen molar-refractivity contribution >= 4 is 28.9 Å². The van der Waals surface area contributed by atoms with Gasteiger partial charge in [0.05, 0.1) is 11.4 Å². The van der Waals surface area contributed by atoms with Crippen molar-refractivity contribution in [3.05, 3.63) is 53.6 Å². The summed E-state index contributed by atoms with van der Waals surface area (Å²) in [5.41, 5.74) is 10.1. The van der Waals surface area contributed by atoms with Crippen molar-refractivity contribution in [1.82, 2.24) is 0 Å². The normalized spacial score (nSPS) is 10.4. The lowest BCUT2D eigenvalue weighted by atomic mass is 10.1. The fourth-order valence-electron chi connectivity index (χ4n) is 2.60. The first kappa shape index (κ1) is 19.5. The first-order valence-corrected chi connectivity index (χ1v) is 8.96. The highest BCUT2D eigenvalue weighted by Gasteiger charge is 2.06. The third kappa shape index (κ3) is 6.59. The van der Waals surface area contributed by atoms with E-state index in [1.165, 1.54) is 0 Å². The van der Waals surface area contributed by atoms with Crippen LogP contribution in [-0.2, 0) is 9.59 Å². The Morgan fingerprint density at radius 2 is 1.38 bits per heavy atom. The molecule has 26 heavy (non-hydrogen) atoms. The molecule has 0 spiro atoms. The van der Waals surface area contributed by atoms with Gasteiger partial charge in [0.15, 0.2) is 0 Å². The van der Waals surface area contributed by atoms with Gasteiger partial charge in [0.2, 0.25) is 11.8 Å². The zero-order valence-electron chi connectivity index (χ0n) is 15.5. The van der Waals surface area contributed by atoms with Crippen LogP contribution in [0.15, 0.2) is 42.5 Å². The van der Waals surface area contributed by atoms with Crippen molar-refractivity contribution < 1.29 is 9.59 Å². The largest absolute Gasteiger partial charge is 0.397 e. The van der Waals surface area contributed by atoms with Gasteiger partial charge in [-0.2, -0.15) is 0 Å². The summed E-state index contributed by atoms with van der Waals surface area (Å²) in [4.78, 5) is 23.9. The molecule has 2 aromatic rings. The van der Waals surface area contributed by atoms with Crippen LogP contribution in [-0.4, -0.2) is 11.8 Å². The van der Waals surface area contributed by atoms with Crippen LogP contribution in [0.5, 0.6) is 0 Å². The molecule has 2 aromatic carbocycles. The van der Waals surface area contributed by atoms with Gasteiger partial charge in [0, 0.05) is 18.5 Å². The Morgan fingerprint density at radius 1 is 0.808 bits per heavy atom. The van der Waals surface area contributed by atoms with Crippen LogP contribution in [0, 0.1) is 13.8 Å². The Labute approximate surface area is 155 Å². The number of carbonyl (C=O) groups excluding carboxylic acids is 2. The van der Waals surface area contributed by atoms with E-state index in [1.54, 1.807) is 6.07 Å². The molecule has 0 bridgehead atoms. The number of rotatable bonds is 8. The average molecular weight is 353 g/mol. The highest BCUT2D eigenvalue weighted by atomic mass is 16.2. The van der Waals surface area contributed by atoms with E-state index in [0.29, 0.717) is 24.2 Å². The maximum Gasteiger partial charge on any atom is 0.224 e. The molecule has 4 N–H and O–H groups in total. The van der Waals surface area contributed by atoms with Crippen molar-refractivity contribution in [3.8, 4) is 0 Å². The number of aryl methyl sites for hydroxylation is 2. The van der Waals surface area contributed by atoms with Crippen LogP contribution in [0.2, 0.25) is 0 Å². The maximum atomic E-state index is 12.0. The van der Waals surface area contributed by atoms with Gasteiger partial charge in [-0.25, -0.2) is 0 Å². The fourth-order valence-corrected chi connectivity index (χ4v) is 2.60. The molecule has 138 valence electrons. The lowest BCUT2D eigenvalue weighted by molar-refractivity contribution is -0.116. The van der Waals surface area contributed by atoms with Crippen molar-refractivity contribution in [3.63, 3.8) is 0 Å². The molecule has 0 fully saturated rings. The summed E-state index contributed by atoms with van der Waals surface area (Å²) in [5, 5.41) is 5.73. The fraction of sp³-hybridized carbons (Fsp3) is 0.333. The van der Waals surface area contributed by atoms with Crippen molar-refractivity contribution in [2.45, 2.75) is 46.0 Å². The number of hydrogen-bond acceptors (Lipinski definition) is 3. The first-order chi connectivity index (χ1) is 12.4. The predicted octanol–water partition coefficient (Wildman–Crippen LogP) is 4.41. The minimum atomic E-state index is -0.0496. The smallest absolute Gasteiger partial charge is 0.224 e. The molecule has 0 aromatic heterocycles. The molecule has 0 aliphatic heterocycles. The lowest BCUT2D eigenvalue weighted by Crippen LogP contribution is -2.13. The number of nitrogens with one attached hydrogen (secondary N) is 2. The molecular weight excluding hydrogens is 326 g/mol. The Balaban J connectivity index is 1.62. The molecule has 0 aliphatic carbocycles. The molecule has 0 heterocycles. The molecule has 0 atom stereocenters. The second-order valence-electron chi connectivity index (χ2n) is 6.61. The van der Waals surface area contributed by atoms with E-state index in [2.05, 4.69) is 10.6 Å². The highest BCUT2D eigenvalue weighted by Crippen LogP contribution is 2.20. The number of hydrogen-bond donors (Lipinski definition) is 3. The van der Waals surface area contributed by atoms with E-state index in [0.717, 1.165) is 36.1 Å². The molecule has 0 unspecified atom stereocenters. The van der Waals surface area contributed by atoms with Crippen molar-refractivity contribution in [2.75, 3.05) is 16.4 Å². The molecule has 5 nitrogen and oxygen atoms in total. The van der Waals surface area contributed by atoms with Gasteiger partial charge in [0.25, 0.3) is 0 Å². The number of anilines is 3. The number of nitrogen functional groups attached to an aromatic ring is 1. The molecule has 0 radical (unpaired) electrons. The van der Waals surface area contributed by atoms with Crippen molar-refractivity contribution in [1.29, 1.82) is 0 Å². The van der Waals surface area contributed by atoms with Gasteiger partial charge < -0.3 is 16.4 Å². The molecule has 2 rings (SSSR count). The van der Waals surface area contributed by atoms with Crippen LogP contribution in [0.1, 0.15) is 43.2 Å². The molecule has 0 aliphatic rings. The number of nitrogens with two attached hydrogens (primary N) is 1. The summed E-state index contributed by atoms with van der Waals surface area (Å²) in [5.74, 6) is -0.0442. The van der Waals surface area contributed by atoms with E-state index >= 15 is 0 Å². The van der Waals surface area contributed by atoms with Gasteiger partial charge in [-0.1, -0.05) is 30.2 Å². The zero-order valence-corrected chi connectivity index (χ0v) is 15.5. The lowest BCUT2D eigenvalue weighted by Gasteiger charge is -2.09. The number of carbonyl (C=O) groups is 2. The van der Waals surface area contributed by atoms with Gasteiger partial charge >= 0.3 is 0 Å². The van der Waals surface area contributed by atoms with Gasteiger partial charge in [-0.15, -0.1) is 0 Å². The minimum Gasteiger partial charge on any atom is -0.397 e. The van der Waals surface area contributed by atoms with Crippen LogP contribution >= 0.6 is 0 Å². The Kier molecular flexibility index (Phi) is 7.21. The maximum absolute atomic E-state index is 12.0. The SMILES string of the molecule is Cc1ccc(NC(=O)CCCCCC(=O)Nc2cc(C)ccc2N)cc1. The topological polar surface area (TPSA) is 84.2 Å². The minimum absolute atomic E-state index is 0.00541. The van der Waals surface area contributed by atoms with Gasteiger partial charge in [0.1, 0.15) is 0 Å². The van der Waals surface area contributed by atoms with E-state index in [1.807, 2.05) is 50.2 Å². The second kappa shape index (κ2) is 9.61. The Morgan fingerprint density at radius 3 is 2.04 bits per heavy atom. The van der Waals surface area contributed by atoms with Gasteiger partial charge in [-0.3, -0.25) is 9.59 Å². The summed E-state index contributed by atoms with van der Waals surface area (Å²) in [6, 6.07) is 13.3. The summed E-state index contributed by atoms with van der Waals surface area (Å²) in [7, 11) is 0. The third-order valence-corrected chi connectivity index (χ3v) is 4.13. The monoisotopic (exact) mass is 353 g/mol. The number of unbranched alkanes of at least 4 members (excludes halogenated alkanes) is 2. The summed E-state index contributed by atoms with van der Waals surface area (Å²) in [6.45, 7) is 3.96. The summed E-state index contributed by atoms with van der Waals surface area (Å²) in [6.07, 6.45) is 3.22. The van der Waals surface area contributed by atoms with E-state index in [-0.39, 0.29) is 11.8 Å².